The molecule has 10 heteroatoms. The zero-order valence-electron chi connectivity index (χ0n) is 23.1. The average Bonchev–Trinajstić information content (AvgIpc) is 2.92. The standard InChI is InChI=1S/C29H37N5O5/c1-17(2)25-26(35)30-19(4)27(36)34-14-6-7-23(32-34)28(37)33(5)16-22-13-12-21-11-10-20(15-24(21)31-22)9-8-18(3)29(38)39-25/h8-13,15,17-19,23,25,32H,6-7,14,16H2,1-5H3,(H,30,35)/b9-8+. The molecule has 4 rings (SSSR count). The van der Waals surface area contributed by atoms with Crippen molar-refractivity contribution < 1.29 is 23.9 Å². The van der Waals surface area contributed by atoms with Gasteiger partial charge in [-0.3, -0.25) is 29.2 Å². The number of aromatic nitrogens is 1. The molecule has 2 aliphatic rings. The first-order valence-corrected chi connectivity index (χ1v) is 13.4. The Morgan fingerprint density at radius 2 is 1.79 bits per heavy atom. The number of hydrogen-bond acceptors (Lipinski definition) is 7. The molecule has 2 aromatic rings. The number of rotatable bonds is 1. The number of nitrogens with one attached hydrogen (secondary N) is 2. The van der Waals surface area contributed by atoms with Gasteiger partial charge in [0.15, 0.2) is 6.10 Å². The van der Waals surface area contributed by atoms with Crippen molar-refractivity contribution in [2.75, 3.05) is 13.6 Å². The van der Waals surface area contributed by atoms with Gasteiger partial charge in [0.25, 0.3) is 11.8 Å². The number of benzene rings is 1. The van der Waals surface area contributed by atoms with Crippen molar-refractivity contribution in [2.45, 2.75) is 65.3 Å². The topological polar surface area (TPSA) is 121 Å². The molecule has 10 nitrogen and oxygen atoms in total. The smallest absolute Gasteiger partial charge is 0.313 e. The molecule has 1 fully saturated rings. The Morgan fingerprint density at radius 3 is 2.54 bits per heavy atom. The number of nitrogens with zero attached hydrogens (tertiary/aromatic N) is 3. The predicted molar refractivity (Wildman–Crippen MR) is 147 cm³/mol. The van der Waals surface area contributed by atoms with Gasteiger partial charge >= 0.3 is 5.97 Å². The number of hydrazine groups is 1. The van der Waals surface area contributed by atoms with Crippen LogP contribution in [0.5, 0.6) is 0 Å². The molecule has 2 aliphatic heterocycles. The highest BCUT2D eigenvalue weighted by molar-refractivity contribution is 5.91. The molecular formula is C29H37N5O5. The van der Waals surface area contributed by atoms with Gasteiger partial charge in [0, 0.05) is 19.0 Å². The van der Waals surface area contributed by atoms with Crippen LogP contribution in [0.4, 0.5) is 0 Å². The van der Waals surface area contributed by atoms with Gasteiger partial charge in [0.05, 0.1) is 23.7 Å². The zero-order valence-corrected chi connectivity index (χ0v) is 23.1. The molecule has 208 valence electrons. The highest BCUT2D eigenvalue weighted by Crippen LogP contribution is 2.19. The van der Waals surface area contributed by atoms with Crippen LogP contribution in [-0.2, 0) is 30.5 Å². The molecule has 1 saturated heterocycles. The lowest BCUT2D eigenvalue weighted by Crippen LogP contribution is -2.61. The van der Waals surface area contributed by atoms with E-state index < -0.39 is 36.0 Å². The summed E-state index contributed by atoms with van der Waals surface area (Å²) in [6, 6.07) is 8.22. The van der Waals surface area contributed by atoms with E-state index in [0.29, 0.717) is 25.9 Å². The molecule has 2 N–H and O–H groups in total. The molecule has 1 aromatic carbocycles. The fourth-order valence-corrected chi connectivity index (χ4v) is 4.73. The van der Waals surface area contributed by atoms with Crippen LogP contribution < -0.4 is 10.7 Å². The van der Waals surface area contributed by atoms with E-state index in [-0.39, 0.29) is 17.7 Å². The number of likely N-dealkylation sites (N-methyl/N-ethyl adjacent to an activating group) is 1. The molecule has 4 unspecified atom stereocenters. The van der Waals surface area contributed by atoms with Gasteiger partial charge in [-0.2, -0.15) is 0 Å². The van der Waals surface area contributed by atoms with Gasteiger partial charge in [0.2, 0.25) is 5.91 Å². The van der Waals surface area contributed by atoms with Crippen LogP contribution in [0.3, 0.4) is 0 Å². The summed E-state index contributed by atoms with van der Waals surface area (Å²) in [5.41, 5.74) is 5.42. The minimum absolute atomic E-state index is 0.144. The summed E-state index contributed by atoms with van der Waals surface area (Å²) >= 11 is 0. The number of amides is 3. The van der Waals surface area contributed by atoms with Crippen molar-refractivity contribution in [2.24, 2.45) is 11.8 Å². The summed E-state index contributed by atoms with van der Waals surface area (Å²) in [6.45, 7) is 7.57. The van der Waals surface area contributed by atoms with Gasteiger partial charge < -0.3 is 15.0 Å². The van der Waals surface area contributed by atoms with Crippen molar-refractivity contribution in [3.05, 3.63) is 47.7 Å². The van der Waals surface area contributed by atoms with E-state index in [2.05, 4.69) is 10.7 Å². The van der Waals surface area contributed by atoms with Gasteiger partial charge in [-0.25, -0.2) is 5.43 Å². The normalized spacial score (nSPS) is 26.5. The van der Waals surface area contributed by atoms with Crippen molar-refractivity contribution in [3.8, 4) is 0 Å². The number of carbonyl (C=O) groups excluding carboxylic acids is 4. The fraction of sp³-hybridized carbons (Fsp3) is 0.483. The Hall–Kier alpha value is -3.79. The SMILES string of the molecule is CC1/C=C/c2ccc3ccc(nc3c2)CN(C)C(=O)C2CCCN(N2)C(=O)C(C)NC(=O)C(C(C)C)OC1=O. The largest absolute Gasteiger partial charge is 0.452 e. The Kier molecular flexibility index (Phi) is 8.64. The molecule has 1 aromatic heterocycles. The molecule has 3 amide bonds. The summed E-state index contributed by atoms with van der Waals surface area (Å²) in [5, 5.41) is 5.04. The van der Waals surface area contributed by atoms with Gasteiger partial charge in [-0.05, 0) is 50.3 Å². The van der Waals surface area contributed by atoms with Crippen molar-refractivity contribution >= 4 is 40.7 Å². The van der Waals surface area contributed by atoms with E-state index in [4.69, 9.17) is 9.72 Å². The number of ether oxygens (including phenoxy) is 1. The lowest BCUT2D eigenvalue weighted by Gasteiger charge is -2.36. The minimum atomic E-state index is -1.06. The molecule has 5 bridgehead atoms. The van der Waals surface area contributed by atoms with E-state index in [1.165, 1.54) is 5.01 Å². The number of pyridine rings is 1. The van der Waals surface area contributed by atoms with Crippen LogP contribution in [0.15, 0.2) is 36.4 Å². The van der Waals surface area contributed by atoms with Gasteiger partial charge in [0.1, 0.15) is 12.1 Å². The quantitative estimate of drug-likeness (QED) is 0.538. The molecule has 0 radical (unpaired) electrons. The van der Waals surface area contributed by atoms with E-state index in [0.717, 1.165) is 22.2 Å². The molecule has 0 saturated carbocycles. The maximum atomic E-state index is 13.3. The second-order valence-corrected chi connectivity index (χ2v) is 10.7. The van der Waals surface area contributed by atoms with Crippen LogP contribution in [0.1, 0.15) is 51.8 Å². The maximum Gasteiger partial charge on any atom is 0.313 e. The monoisotopic (exact) mass is 535 g/mol. The molecule has 4 atom stereocenters. The third kappa shape index (κ3) is 6.62. The maximum absolute atomic E-state index is 13.3. The number of esters is 1. The number of carbonyl (C=O) groups is 4. The first-order chi connectivity index (χ1) is 18.5. The number of hydrogen-bond donors (Lipinski definition) is 2. The second-order valence-electron chi connectivity index (χ2n) is 10.7. The Morgan fingerprint density at radius 1 is 1.05 bits per heavy atom. The van der Waals surface area contributed by atoms with Crippen LogP contribution in [0.2, 0.25) is 0 Å². The lowest BCUT2D eigenvalue weighted by molar-refractivity contribution is -0.161. The van der Waals surface area contributed by atoms with Gasteiger partial charge in [-0.1, -0.05) is 44.2 Å². The van der Waals surface area contributed by atoms with E-state index in [1.54, 1.807) is 45.7 Å². The molecule has 3 heterocycles. The second kappa shape index (κ2) is 11.9. The van der Waals surface area contributed by atoms with E-state index >= 15 is 0 Å². The van der Waals surface area contributed by atoms with E-state index in [9.17, 15) is 19.2 Å². The highest BCUT2D eigenvalue weighted by Gasteiger charge is 2.34. The molecule has 39 heavy (non-hydrogen) atoms. The average molecular weight is 536 g/mol. The number of fused-ring (bicyclic) bond motifs is 4. The third-order valence-electron chi connectivity index (χ3n) is 7.08. The van der Waals surface area contributed by atoms with Crippen molar-refractivity contribution in [3.63, 3.8) is 0 Å². The van der Waals surface area contributed by atoms with Crippen molar-refractivity contribution in [1.82, 2.24) is 25.6 Å². The summed E-state index contributed by atoms with van der Waals surface area (Å²) in [4.78, 5) is 58.7. The Balaban J connectivity index is 1.67. The lowest BCUT2D eigenvalue weighted by atomic mass is 10.0. The number of cyclic esters (lactones) is 1. The summed E-state index contributed by atoms with van der Waals surface area (Å²) in [5.74, 6) is -2.49. The summed E-state index contributed by atoms with van der Waals surface area (Å²) < 4.78 is 5.60. The predicted octanol–water partition coefficient (Wildman–Crippen LogP) is 2.42. The Labute approximate surface area is 228 Å². The van der Waals surface area contributed by atoms with Crippen LogP contribution in [-0.4, -0.2) is 70.4 Å². The van der Waals surface area contributed by atoms with Crippen molar-refractivity contribution in [1.29, 1.82) is 0 Å². The minimum Gasteiger partial charge on any atom is -0.452 e. The summed E-state index contributed by atoms with van der Waals surface area (Å²) in [6.07, 6.45) is 3.71. The molecule has 0 aliphatic carbocycles. The first-order valence-electron chi connectivity index (χ1n) is 13.4. The van der Waals surface area contributed by atoms with E-state index in [1.807, 2.05) is 36.4 Å². The third-order valence-corrected chi connectivity index (χ3v) is 7.08. The highest BCUT2D eigenvalue weighted by atomic mass is 16.5. The Bertz CT molecular complexity index is 1290. The zero-order chi connectivity index (χ0) is 28.3. The van der Waals surface area contributed by atoms with Crippen LogP contribution in [0.25, 0.3) is 17.0 Å². The summed E-state index contributed by atoms with van der Waals surface area (Å²) in [7, 11) is 1.72. The van der Waals surface area contributed by atoms with Crippen LogP contribution >= 0.6 is 0 Å². The fourth-order valence-electron chi connectivity index (χ4n) is 4.73. The first kappa shape index (κ1) is 28.2. The molecule has 0 spiro atoms. The van der Waals surface area contributed by atoms with Gasteiger partial charge in [-0.15, -0.1) is 0 Å². The van der Waals surface area contributed by atoms with Crippen LogP contribution in [0, 0.1) is 11.8 Å². The molecular weight excluding hydrogens is 498 g/mol.